The van der Waals surface area contributed by atoms with E-state index in [9.17, 15) is 0 Å². The van der Waals surface area contributed by atoms with E-state index in [-0.39, 0.29) is 0 Å². The number of methoxy groups -OCH3 is 2. The first-order chi connectivity index (χ1) is 20.5. The molecule has 244 valence electrons. The second kappa shape index (κ2) is 19.7. The molecule has 0 fully saturated rings. The van der Waals surface area contributed by atoms with Gasteiger partial charge in [0.05, 0.1) is 0 Å². The van der Waals surface area contributed by atoms with Crippen LogP contribution < -0.4 is 9.47 Å². The molecule has 0 aliphatic heterocycles. The molecule has 2 rings (SSSR count). The molecule has 2 aromatic carbocycles. The van der Waals surface area contributed by atoms with Crippen molar-refractivity contribution in [2.45, 2.75) is 117 Å². The topological polar surface area (TPSA) is 46.2 Å². The third-order valence-electron chi connectivity index (χ3n) is 7.68. The third kappa shape index (κ3) is 16.3. The summed E-state index contributed by atoms with van der Waals surface area (Å²) >= 11 is 0. The van der Waals surface area contributed by atoms with Gasteiger partial charge in [0.25, 0.3) is 0 Å². The van der Waals surface area contributed by atoms with Crippen LogP contribution in [0.2, 0.25) is 0 Å². The van der Waals surface area contributed by atoms with Gasteiger partial charge in [-0.25, -0.2) is 0 Å². The Bertz CT molecular complexity index is 971. The summed E-state index contributed by atoms with van der Waals surface area (Å²) in [7, 11) is 2.70. The zero-order valence-corrected chi connectivity index (χ0v) is 29.7. The van der Waals surface area contributed by atoms with Crippen LogP contribution in [0.15, 0.2) is 36.4 Å². The summed E-state index contributed by atoms with van der Waals surface area (Å²) in [4.78, 5) is 0. The van der Waals surface area contributed by atoms with E-state index in [4.69, 9.17) is 23.2 Å². The van der Waals surface area contributed by atoms with E-state index in [1.54, 1.807) is 14.2 Å². The quantitative estimate of drug-likeness (QED) is 0.0667. The number of aryl methyl sites for hydroxylation is 2. The zero-order chi connectivity index (χ0) is 31.6. The summed E-state index contributed by atoms with van der Waals surface area (Å²) < 4.78 is 30.5. The van der Waals surface area contributed by atoms with Crippen molar-refractivity contribution >= 4 is 14.2 Å². The standard InChI is InChI=1S/C36H62BO5P/c1-9-11-13-15-17-19-21-31-27-35(38-3)25-23-33(31)29-40-37(42-43(5,6,7)8)41-30-34-24-26-36(39-4)28-32(34)22-20-18-16-14-12-10-2/h23-28H,9-22,29-30H2,1-8H3. The summed E-state index contributed by atoms with van der Waals surface area (Å²) in [5.74, 6) is 1.78. The number of unbranched alkanes of at least 4 members (excludes halogenated alkanes) is 10. The Morgan fingerprint density at radius 1 is 0.535 bits per heavy atom. The first kappa shape index (κ1) is 37.6. The van der Waals surface area contributed by atoms with Crippen LogP contribution in [0.1, 0.15) is 113 Å². The SMILES string of the molecule is CCCCCCCCc1cc(OC)ccc1COB(OCc1ccc(OC)cc1CCCCCCCC)OP(C)(C)(C)C. The number of hydrogen-bond donors (Lipinski definition) is 0. The van der Waals surface area contributed by atoms with Gasteiger partial charge < -0.3 is 0 Å². The van der Waals surface area contributed by atoms with Crippen molar-refractivity contribution in [1.82, 2.24) is 0 Å². The second-order valence-corrected chi connectivity index (χ2v) is 20.8. The average molecular weight is 617 g/mol. The van der Waals surface area contributed by atoms with Crippen LogP contribution in [0.4, 0.5) is 0 Å². The van der Waals surface area contributed by atoms with E-state index in [0.717, 1.165) is 24.3 Å². The van der Waals surface area contributed by atoms with Gasteiger partial charge in [-0.05, 0) is 0 Å². The molecule has 0 saturated carbocycles. The maximum atomic E-state index is 6.55. The Morgan fingerprint density at radius 3 is 1.30 bits per heavy atom. The molecule has 0 N–H and O–H groups in total. The predicted molar refractivity (Wildman–Crippen MR) is 187 cm³/mol. The van der Waals surface area contributed by atoms with Crippen molar-refractivity contribution in [2.75, 3.05) is 40.9 Å². The van der Waals surface area contributed by atoms with Crippen LogP contribution in [-0.4, -0.2) is 48.2 Å². The van der Waals surface area contributed by atoms with E-state index in [0.29, 0.717) is 13.2 Å². The fourth-order valence-corrected chi connectivity index (χ4v) is 5.98. The van der Waals surface area contributed by atoms with E-state index in [2.05, 4.69) is 64.8 Å². The van der Waals surface area contributed by atoms with E-state index in [1.165, 1.54) is 99.3 Å². The predicted octanol–water partition coefficient (Wildman–Crippen LogP) is 10.2. The number of benzene rings is 2. The number of rotatable bonds is 24. The van der Waals surface area contributed by atoms with Crippen LogP contribution in [0.3, 0.4) is 0 Å². The van der Waals surface area contributed by atoms with Gasteiger partial charge in [0.15, 0.2) is 0 Å². The Labute approximate surface area is 264 Å². The number of ether oxygens (including phenoxy) is 2. The van der Waals surface area contributed by atoms with Gasteiger partial charge in [0, 0.05) is 0 Å². The van der Waals surface area contributed by atoms with Crippen LogP contribution in [0.5, 0.6) is 11.5 Å². The van der Waals surface area contributed by atoms with Crippen LogP contribution in [-0.2, 0) is 39.8 Å². The molecule has 0 aliphatic rings. The molecule has 0 heterocycles. The van der Waals surface area contributed by atoms with Crippen molar-refractivity contribution in [1.29, 1.82) is 0 Å². The van der Waals surface area contributed by atoms with Gasteiger partial charge in [0.2, 0.25) is 0 Å². The first-order valence-electron chi connectivity index (χ1n) is 16.8. The Hall–Kier alpha value is -1.59. The zero-order valence-electron chi connectivity index (χ0n) is 28.8. The summed E-state index contributed by atoms with van der Waals surface area (Å²) in [6.45, 7) is 11.7. The molecule has 0 unspecified atom stereocenters. The third-order valence-corrected chi connectivity index (χ3v) is 8.70. The van der Waals surface area contributed by atoms with Crippen molar-refractivity contribution in [2.24, 2.45) is 0 Å². The van der Waals surface area contributed by atoms with Gasteiger partial charge in [0.1, 0.15) is 0 Å². The van der Waals surface area contributed by atoms with E-state index < -0.39 is 14.2 Å². The average Bonchev–Trinajstić information content (AvgIpc) is 2.97. The van der Waals surface area contributed by atoms with Crippen LogP contribution >= 0.6 is 6.83 Å². The fourth-order valence-electron chi connectivity index (χ4n) is 5.17. The molecule has 5 nitrogen and oxygen atoms in total. The summed E-state index contributed by atoms with van der Waals surface area (Å²) in [6.07, 6.45) is 17.3. The van der Waals surface area contributed by atoms with Crippen LogP contribution in [0, 0.1) is 0 Å². The van der Waals surface area contributed by atoms with Gasteiger partial charge in [-0.1, -0.05) is 26.7 Å². The normalized spacial score (nSPS) is 12.6. The molecule has 0 bridgehead atoms. The minimum atomic E-state index is -2.39. The van der Waals surface area contributed by atoms with Gasteiger partial charge in [-0.2, -0.15) is 0 Å². The van der Waals surface area contributed by atoms with Gasteiger partial charge in [-0.3, -0.25) is 0 Å². The summed E-state index contributed by atoms with van der Waals surface area (Å²) in [5.41, 5.74) is 4.89. The van der Waals surface area contributed by atoms with Crippen molar-refractivity contribution in [3.05, 3.63) is 58.7 Å². The minimum absolute atomic E-state index is 0.430. The van der Waals surface area contributed by atoms with E-state index in [1.807, 2.05) is 12.1 Å². The molecule has 43 heavy (non-hydrogen) atoms. The fraction of sp³-hybridized carbons (Fsp3) is 0.667. The second-order valence-electron chi connectivity index (χ2n) is 13.7. The molecule has 7 heteroatoms. The Morgan fingerprint density at radius 2 is 0.930 bits per heavy atom. The van der Waals surface area contributed by atoms with Crippen LogP contribution in [0.25, 0.3) is 0 Å². The molecule has 0 aromatic heterocycles. The van der Waals surface area contributed by atoms with E-state index >= 15 is 0 Å². The van der Waals surface area contributed by atoms with Gasteiger partial charge in [-0.15, -0.1) is 0 Å². The molecule has 0 amide bonds. The summed E-state index contributed by atoms with van der Waals surface area (Å²) in [5, 5.41) is 0. The Kier molecular flexibility index (Phi) is 17.3. The molecular weight excluding hydrogens is 554 g/mol. The molecule has 0 radical (unpaired) electrons. The van der Waals surface area contributed by atoms with Crippen molar-refractivity contribution in [3.63, 3.8) is 0 Å². The monoisotopic (exact) mass is 616 g/mol. The Balaban J connectivity index is 2.10. The molecule has 0 atom stereocenters. The van der Waals surface area contributed by atoms with Gasteiger partial charge >= 0.3 is 239 Å². The summed E-state index contributed by atoms with van der Waals surface area (Å²) in [6, 6.07) is 12.6. The molecule has 0 aliphatic carbocycles. The molecular formula is C36H62BO5P. The van der Waals surface area contributed by atoms with Crippen molar-refractivity contribution < 1.29 is 23.2 Å². The van der Waals surface area contributed by atoms with Crippen molar-refractivity contribution in [3.8, 4) is 11.5 Å². The first-order valence-corrected chi connectivity index (χ1v) is 20.7. The number of hydrogen-bond acceptors (Lipinski definition) is 5. The maximum absolute atomic E-state index is 6.55. The molecule has 2 aromatic rings. The molecule has 0 spiro atoms. The molecule has 0 saturated heterocycles.